The van der Waals surface area contributed by atoms with Crippen molar-refractivity contribution in [2.24, 2.45) is 0 Å². The summed E-state index contributed by atoms with van der Waals surface area (Å²) in [6, 6.07) is 14.5. The number of halogens is 1. The molecule has 0 bridgehead atoms. The van der Waals surface area contributed by atoms with Crippen LogP contribution < -0.4 is 10.1 Å². The highest BCUT2D eigenvalue weighted by molar-refractivity contribution is 7.13. The first-order valence-corrected chi connectivity index (χ1v) is 9.31. The van der Waals surface area contributed by atoms with Gasteiger partial charge in [0, 0.05) is 16.1 Å². The topological polar surface area (TPSA) is 71.5 Å². The molecule has 1 aromatic heterocycles. The number of carboxylic acid groups (broad SMARTS) is 1. The summed E-state index contributed by atoms with van der Waals surface area (Å²) in [4.78, 5) is 14.9. The van der Waals surface area contributed by atoms with Gasteiger partial charge in [0.2, 0.25) is 0 Å². The Morgan fingerprint density at radius 2 is 1.69 bits per heavy atom. The first-order valence-electron chi connectivity index (χ1n) is 8.05. The lowest BCUT2D eigenvalue weighted by Crippen LogP contribution is -2.00. The first kappa shape index (κ1) is 19.8. The van der Waals surface area contributed by atoms with Crippen molar-refractivity contribution in [1.82, 2.24) is 4.98 Å². The van der Waals surface area contributed by atoms with E-state index in [1.807, 2.05) is 38.1 Å². The van der Waals surface area contributed by atoms with E-state index < -0.39 is 5.97 Å². The average molecular weight is 391 g/mol. The number of rotatable bonds is 6. The lowest BCUT2D eigenvalue weighted by molar-refractivity contribution is -0.136. The minimum absolute atomic E-state index is 0.0773. The van der Waals surface area contributed by atoms with Crippen LogP contribution in [0.3, 0.4) is 0 Å². The van der Waals surface area contributed by atoms with Gasteiger partial charge in [-0.3, -0.25) is 4.79 Å². The molecule has 136 valence electrons. The van der Waals surface area contributed by atoms with E-state index in [9.17, 15) is 4.79 Å². The summed E-state index contributed by atoms with van der Waals surface area (Å²) in [7, 11) is 0. The third kappa shape index (κ3) is 6.06. The molecule has 3 aromatic rings. The van der Waals surface area contributed by atoms with Crippen molar-refractivity contribution in [2.45, 2.75) is 20.3 Å². The number of hydrogen-bond donors (Lipinski definition) is 2. The highest BCUT2D eigenvalue weighted by Crippen LogP contribution is 2.26. The fraction of sp³-hybridized carbons (Fsp3) is 0.158. The quantitative estimate of drug-likeness (QED) is 0.541. The molecule has 5 nitrogen and oxygen atoms in total. The highest BCUT2D eigenvalue weighted by Gasteiger charge is 2.06. The Morgan fingerprint density at radius 3 is 2.27 bits per heavy atom. The van der Waals surface area contributed by atoms with Crippen molar-refractivity contribution >= 4 is 39.7 Å². The molecule has 3 rings (SSSR count). The molecule has 2 aromatic carbocycles. The molecular formula is C19H19ClN2O3S. The number of aliphatic carboxylic acids is 1. The van der Waals surface area contributed by atoms with Gasteiger partial charge in [0.1, 0.15) is 11.5 Å². The van der Waals surface area contributed by atoms with Crippen molar-refractivity contribution in [3.63, 3.8) is 0 Å². The van der Waals surface area contributed by atoms with E-state index >= 15 is 0 Å². The maximum absolute atomic E-state index is 10.7. The van der Waals surface area contributed by atoms with E-state index in [1.54, 1.807) is 29.6 Å². The molecule has 7 heteroatoms. The summed E-state index contributed by atoms with van der Waals surface area (Å²) in [6.45, 7) is 4.00. The van der Waals surface area contributed by atoms with E-state index in [0.717, 1.165) is 5.69 Å². The number of ether oxygens (including phenoxy) is 1. The Labute approximate surface area is 161 Å². The van der Waals surface area contributed by atoms with Gasteiger partial charge in [-0.05, 0) is 48.5 Å². The number of benzene rings is 2. The Bertz CT molecular complexity index is 833. The summed E-state index contributed by atoms with van der Waals surface area (Å²) in [5, 5.41) is 14.9. The summed E-state index contributed by atoms with van der Waals surface area (Å²) in [5.41, 5.74) is 1.38. The second-order valence-corrected chi connectivity index (χ2v) is 6.21. The molecule has 0 fully saturated rings. The fourth-order valence-electron chi connectivity index (χ4n) is 1.97. The average Bonchev–Trinajstić information content (AvgIpc) is 3.06. The van der Waals surface area contributed by atoms with Crippen molar-refractivity contribution in [2.75, 3.05) is 5.32 Å². The Balaban J connectivity index is 0.00000117. The SMILES string of the molecule is CC.O=C(O)Cc1csc(Nc2ccc(Oc3ccc(Cl)cc3)cc2)n1. The predicted molar refractivity (Wildman–Crippen MR) is 106 cm³/mol. The number of nitrogens with zero attached hydrogens (tertiary/aromatic N) is 1. The molecule has 0 aliphatic carbocycles. The molecule has 26 heavy (non-hydrogen) atoms. The molecule has 1 heterocycles. The van der Waals surface area contributed by atoms with Crippen LogP contribution in [0.1, 0.15) is 19.5 Å². The molecule has 0 saturated carbocycles. The van der Waals surface area contributed by atoms with Crippen LogP contribution in [0.5, 0.6) is 11.5 Å². The molecule has 0 saturated heterocycles. The van der Waals surface area contributed by atoms with Crippen LogP contribution >= 0.6 is 22.9 Å². The third-order valence-electron chi connectivity index (χ3n) is 3.04. The Hall–Kier alpha value is -2.57. The Kier molecular flexibility index (Phi) is 7.44. The number of nitrogens with one attached hydrogen (secondary N) is 1. The van der Waals surface area contributed by atoms with Gasteiger partial charge in [-0.25, -0.2) is 4.98 Å². The van der Waals surface area contributed by atoms with Crippen LogP contribution in [0.4, 0.5) is 10.8 Å². The normalized spacial score (nSPS) is 9.81. The molecule has 0 spiro atoms. The minimum Gasteiger partial charge on any atom is -0.481 e. The third-order valence-corrected chi connectivity index (χ3v) is 4.10. The number of carboxylic acids is 1. The molecule has 2 N–H and O–H groups in total. The zero-order chi connectivity index (χ0) is 18.9. The van der Waals surface area contributed by atoms with Crippen molar-refractivity contribution in [1.29, 1.82) is 0 Å². The minimum atomic E-state index is -0.893. The lowest BCUT2D eigenvalue weighted by Gasteiger charge is -2.07. The first-order chi connectivity index (χ1) is 12.6. The molecule has 0 radical (unpaired) electrons. The standard InChI is InChI=1S/C17H13ClN2O3S.C2H6/c18-11-1-5-14(6-2-11)23-15-7-3-12(4-8-15)19-17-20-13(10-24-17)9-16(21)22;1-2/h1-8,10H,9H2,(H,19,20)(H,21,22);1-2H3. The molecule has 0 aliphatic rings. The summed E-state index contributed by atoms with van der Waals surface area (Å²) >= 11 is 7.21. The molecule has 0 atom stereocenters. The zero-order valence-electron chi connectivity index (χ0n) is 14.4. The van der Waals surface area contributed by atoms with E-state index in [4.69, 9.17) is 21.4 Å². The van der Waals surface area contributed by atoms with Gasteiger partial charge in [-0.1, -0.05) is 25.4 Å². The van der Waals surface area contributed by atoms with E-state index in [-0.39, 0.29) is 6.42 Å². The van der Waals surface area contributed by atoms with Crippen molar-refractivity contribution in [3.05, 3.63) is 64.6 Å². The molecule has 0 amide bonds. The molecular weight excluding hydrogens is 372 g/mol. The van der Waals surface area contributed by atoms with Gasteiger partial charge >= 0.3 is 5.97 Å². The predicted octanol–water partition coefficient (Wildman–Crippen LogP) is 5.99. The van der Waals surface area contributed by atoms with E-state index in [1.165, 1.54) is 11.3 Å². The van der Waals surface area contributed by atoms with Gasteiger partial charge in [0.15, 0.2) is 5.13 Å². The lowest BCUT2D eigenvalue weighted by atomic mass is 10.3. The van der Waals surface area contributed by atoms with Gasteiger partial charge < -0.3 is 15.2 Å². The summed E-state index contributed by atoms with van der Waals surface area (Å²) in [5.74, 6) is 0.516. The fourth-order valence-corrected chi connectivity index (χ4v) is 2.83. The summed E-state index contributed by atoms with van der Waals surface area (Å²) < 4.78 is 5.72. The highest BCUT2D eigenvalue weighted by atomic mass is 35.5. The number of thiazole rings is 1. The monoisotopic (exact) mass is 390 g/mol. The van der Waals surface area contributed by atoms with Crippen LogP contribution in [0.2, 0.25) is 5.02 Å². The number of hydrogen-bond acceptors (Lipinski definition) is 5. The van der Waals surface area contributed by atoms with Crippen molar-refractivity contribution < 1.29 is 14.6 Å². The van der Waals surface area contributed by atoms with Crippen LogP contribution in [-0.4, -0.2) is 16.1 Å². The van der Waals surface area contributed by atoms with Gasteiger partial charge in [-0.15, -0.1) is 11.3 Å². The Morgan fingerprint density at radius 1 is 1.12 bits per heavy atom. The smallest absolute Gasteiger partial charge is 0.309 e. The van der Waals surface area contributed by atoms with Crippen molar-refractivity contribution in [3.8, 4) is 11.5 Å². The van der Waals surface area contributed by atoms with Gasteiger partial charge in [0.05, 0.1) is 12.1 Å². The second kappa shape index (κ2) is 9.79. The summed E-state index contributed by atoms with van der Waals surface area (Å²) in [6.07, 6.45) is -0.0773. The largest absolute Gasteiger partial charge is 0.481 e. The second-order valence-electron chi connectivity index (χ2n) is 4.92. The zero-order valence-corrected chi connectivity index (χ0v) is 16.0. The van der Waals surface area contributed by atoms with Crippen LogP contribution in [0.25, 0.3) is 0 Å². The number of anilines is 2. The van der Waals surface area contributed by atoms with Crippen LogP contribution in [-0.2, 0) is 11.2 Å². The van der Waals surface area contributed by atoms with Gasteiger partial charge in [0.25, 0.3) is 0 Å². The molecule has 0 aliphatic heterocycles. The maximum Gasteiger partial charge on any atom is 0.309 e. The van der Waals surface area contributed by atoms with E-state index in [2.05, 4.69) is 10.3 Å². The van der Waals surface area contributed by atoms with E-state index in [0.29, 0.717) is 27.3 Å². The van der Waals surface area contributed by atoms with Crippen LogP contribution in [0, 0.1) is 0 Å². The molecule has 0 unspecified atom stereocenters. The number of aromatic nitrogens is 1. The maximum atomic E-state index is 10.7. The van der Waals surface area contributed by atoms with Gasteiger partial charge in [-0.2, -0.15) is 0 Å². The number of carbonyl (C=O) groups is 1. The van der Waals surface area contributed by atoms with Crippen LogP contribution in [0.15, 0.2) is 53.9 Å².